The first-order chi connectivity index (χ1) is 12.8. The molecule has 0 spiro atoms. The van der Waals surface area contributed by atoms with E-state index in [-0.39, 0.29) is 6.04 Å². The molecule has 0 aliphatic carbocycles. The normalized spacial score (nSPS) is 18.6. The third kappa shape index (κ3) is 3.30. The number of nitrogens with zero attached hydrogens (tertiary/aromatic N) is 1. The van der Waals surface area contributed by atoms with Crippen LogP contribution in [0.2, 0.25) is 0 Å². The van der Waals surface area contributed by atoms with Crippen LogP contribution in [-0.4, -0.2) is 29.8 Å². The van der Waals surface area contributed by atoms with Crippen LogP contribution >= 0.6 is 0 Å². The van der Waals surface area contributed by atoms with E-state index in [2.05, 4.69) is 5.32 Å². The van der Waals surface area contributed by atoms with E-state index in [4.69, 9.17) is 9.72 Å². The number of methoxy groups -OCH3 is 1. The lowest BCUT2D eigenvalue weighted by Gasteiger charge is -2.29. The summed E-state index contributed by atoms with van der Waals surface area (Å²) < 4.78 is 5.25. The maximum Gasteiger partial charge on any atom is 0.118 e. The number of ether oxygens (including phenoxy) is 1. The van der Waals surface area contributed by atoms with Gasteiger partial charge in [-0.2, -0.15) is 0 Å². The van der Waals surface area contributed by atoms with Crippen molar-refractivity contribution in [3.63, 3.8) is 0 Å². The molecule has 1 saturated heterocycles. The first-order valence-electron chi connectivity index (χ1n) is 9.22. The Morgan fingerprint density at radius 3 is 2.65 bits per heavy atom. The van der Waals surface area contributed by atoms with E-state index in [1.54, 1.807) is 7.11 Å². The number of piperidine rings is 1. The van der Waals surface area contributed by atoms with E-state index in [1.807, 2.05) is 54.6 Å². The molecular formula is C22H24N2O2. The van der Waals surface area contributed by atoms with E-state index in [0.29, 0.717) is 0 Å². The number of hydrogen-bond acceptors (Lipinski definition) is 4. The van der Waals surface area contributed by atoms with Crippen molar-refractivity contribution < 1.29 is 9.84 Å². The Kier molecular flexibility index (Phi) is 4.87. The van der Waals surface area contributed by atoms with Gasteiger partial charge in [0.25, 0.3) is 0 Å². The van der Waals surface area contributed by atoms with E-state index in [1.165, 1.54) is 6.42 Å². The van der Waals surface area contributed by atoms with E-state index >= 15 is 0 Å². The third-order valence-corrected chi connectivity index (χ3v) is 5.18. The molecule has 2 N–H and O–H groups in total. The molecule has 0 radical (unpaired) electrons. The lowest BCUT2D eigenvalue weighted by Crippen LogP contribution is -2.38. The van der Waals surface area contributed by atoms with Crippen LogP contribution in [0.3, 0.4) is 0 Å². The van der Waals surface area contributed by atoms with Crippen molar-refractivity contribution in [1.29, 1.82) is 0 Å². The summed E-state index contributed by atoms with van der Waals surface area (Å²) in [6.07, 6.45) is 2.79. The molecule has 0 unspecified atom stereocenters. The van der Waals surface area contributed by atoms with Gasteiger partial charge >= 0.3 is 0 Å². The van der Waals surface area contributed by atoms with E-state index < -0.39 is 6.10 Å². The van der Waals surface area contributed by atoms with E-state index in [9.17, 15) is 5.11 Å². The van der Waals surface area contributed by atoms with Gasteiger partial charge in [0, 0.05) is 17.0 Å². The van der Waals surface area contributed by atoms with Gasteiger partial charge < -0.3 is 15.2 Å². The quantitative estimate of drug-likeness (QED) is 0.746. The highest BCUT2D eigenvalue weighted by Crippen LogP contribution is 2.32. The SMILES string of the molecule is COc1ccc(-c2cc([C@@H](O)[C@@H]3CCCCN3)c3ccccc3n2)cc1. The highest BCUT2D eigenvalue weighted by Gasteiger charge is 2.25. The van der Waals surface area contributed by atoms with Crippen LogP contribution in [0.15, 0.2) is 54.6 Å². The minimum Gasteiger partial charge on any atom is -0.497 e. The topological polar surface area (TPSA) is 54.4 Å². The molecule has 0 bridgehead atoms. The minimum absolute atomic E-state index is 0.0956. The first kappa shape index (κ1) is 17.0. The monoisotopic (exact) mass is 348 g/mol. The number of aromatic nitrogens is 1. The molecule has 1 aliphatic heterocycles. The fraction of sp³-hybridized carbons (Fsp3) is 0.318. The fourth-order valence-electron chi connectivity index (χ4n) is 3.72. The number of benzene rings is 2. The molecule has 3 aromatic rings. The van der Waals surface area contributed by atoms with Gasteiger partial charge in [-0.1, -0.05) is 24.6 Å². The van der Waals surface area contributed by atoms with Gasteiger partial charge in [-0.25, -0.2) is 4.98 Å². The van der Waals surface area contributed by atoms with Gasteiger partial charge in [-0.15, -0.1) is 0 Å². The Bertz CT molecular complexity index is 886. The number of nitrogens with one attached hydrogen (secondary N) is 1. The fourth-order valence-corrected chi connectivity index (χ4v) is 3.72. The summed E-state index contributed by atoms with van der Waals surface area (Å²) in [5.74, 6) is 0.821. The Labute approximate surface area is 153 Å². The lowest BCUT2D eigenvalue weighted by molar-refractivity contribution is 0.115. The van der Waals surface area contributed by atoms with Gasteiger partial charge in [0.2, 0.25) is 0 Å². The molecule has 2 atom stereocenters. The molecule has 1 aromatic heterocycles. The van der Waals surface area contributed by atoms with Gasteiger partial charge in [-0.3, -0.25) is 0 Å². The number of para-hydroxylation sites is 1. The average Bonchev–Trinajstić information content (AvgIpc) is 2.73. The number of rotatable bonds is 4. The van der Waals surface area contributed by atoms with Crippen LogP contribution in [0.1, 0.15) is 30.9 Å². The predicted octanol–water partition coefficient (Wildman–Crippen LogP) is 4.09. The molecule has 1 aliphatic rings. The average molecular weight is 348 g/mol. The van der Waals surface area contributed by atoms with Crippen molar-refractivity contribution >= 4 is 10.9 Å². The van der Waals surface area contributed by atoms with Crippen molar-refractivity contribution in [2.75, 3.05) is 13.7 Å². The second-order valence-electron chi connectivity index (χ2n) is 6.84. The summed E-state index contributed by atoms with van der Waals surface area (Å²) in [7, 11) is 1.66. The molecule has 0 saturated carbocycles. The smallest absolute Gasteiger partial charge is 0.118 e. The van der Waals surface area contributed by atoms with Gasteiger partial charge in [0.1, 0.15) is 5.75 Å². The number of fused-ring (bicyclic) bond motifs is 1. The summed E-state index contributed by atoms with van der Waals surface area (Å²) in [5, 5.41) is 15.6. The highest BCUT2D eigenvalue weighted by molar-refractivity contribution is 5.85. The molecule has 0 amide bonds. The molecule has 1 fully saturated rings. The molecule has 2 aromatic carbocycles. The Morgan fingerprint density at radius 1 is 1.12 bits per heavy atom. The number of pyridine rings is 1. The van der Waals surface area contributed by atoms with Crippen molar-refractivity contribution in [1.82, 2.24) is 10.3 Å². The van der Waals surface area contributed by atoms with Gasteiger partial charge in [0.15, 0.2) is 0 Å². The zero-order valence-corrected chi connectivity index (χ0v) is 15.0. The van der Waals surface area contributed by atoms with Crippen LogP contribution in [0, 0.1) is 0 Å². The van der Waals surface area contributed by atoms with E-state index in [0.717, 1.165) is 52.9 Å². The maximum atomic E-state index is 11.1. The Morgan fingerprint density at radius 2 is 1.92 bits per heavy atom. The summed E-state index contributed by atoms with van der Waals surface area (Å²) in [6, 6.07) is 18.0. The number of aliphatic hydroxyl groups is 1. The van der Waals surface area contributed by atoms with Crippen LogP contribution in [0.5, 0.6) is 5.75 Å². The summed E-state index contributed by atoms with van der Waals surface area (Å²) >= 11 is 0. The second-order valence-corrected chi connectivity index (χ2v) is 6.84. The minimum atomic E-state index is -0.541. The second kappa shape index (κ2) is 7.44. The van der Waals surface area contributed by atoms with Crippen molar-refractivity contribution in [3.05, 3.63) is 60.2 Å². The molecule has 4 heteroatoms. The zero-order chi connectivity index (χ0) is 17.9. The summed E-state index contributed by atoms with van der Waals surface area (Å²) in [4.78, 5) is 4.82. The van der Waals surface area contributed by atoms with Crippen molar-refractivity contribution in [3.8, 4) is 17.0 Å². The molecular weight excluding hydrogens is 324 g/mol. The highest BCUT2D eigenvalue weighted by atomic mass is 16.5. The van der Waals surface area contributed by atoms with Crippen LogP contribution < -0.4 is 10.1 Å². The molecule has 4 nitrogen and oxygen atoms in total. The van der Waals surface area contributed by atoms with Crippen LogP contribution in [-0.2, 0) is 0 Å². The predicted molar refractivity (Wildman–Crippen MR) is 104 cm³/mol. The number of aliphatic hydroxyl groups excluding tert-OH is 1. The maximum absolute atomic E-state index is 11.1. The molecule has 26 heavy (non-hydrogen) atoms. The van der Waals surface area contributed by atoms with Crippen LogP contribution in [0.4, 0.5) is 0 Å². The standard InChI is InChI=1S/C22H24N2O2/c1-26-16-11-9-15(10-12-16)21-14-18(17-6-2-3-7-19(17)24-21)22(25)20-8-4-5-13-23-20/h2-3,6-7,9-12,14,20,22-23,25H,4-5,8,13H2,1H3/t20-,22+/m0/s1. The van der Waals surface area contributed by atoms with Gasteiger partial charge in [-0.05, 0) is 61.3 Å². The number of hydrogen-bond donors (Lipinski definition) is 2. The summed E-state index contributed by atoms with van der Waals surface area (Å²) in [5.41, 5.74) is 3.74. The lowest BCUT2D eigenvalue weighted by atomic mass is 9.92. The molecule has 4 rings (SSSR count). The first-order valence-corrected chi connectivity index (χ1v) is 9.22. The largest absolute Gasteiger partial charge is 0.497 e. The molecule has 2 heterocycles. The van der Waals surface area contributed by atoms with Gasteiger partial charge in [0.05, 0.1) is 24.4 Å². The Balaban J connectivity index is 1.79. The Hall–Kier alpha value is -2.43. The summed E-state index contributed by atoms with van der Waals surface area (Å²) in [6.45, 7) is 0.968. The molecule has 134 valence electrons. The zero-order valence-electron chi connectivity index (χ0n) is 15.0. The van der Waals surface area contributed by atoms with Crippen LogP contribution in [0.25, 0.3) is 22.2 Å². The van der Waals surface area contributed by atoms with Crippen molar-refractivity contribution in [2.24, 2.45) is 0 Å². The van der Waals surface area contributed by atoms with Crippen molar-refractivity contribution in [2.45, 2.75) is 31.4 Å². The third-order valence-electron chi connectivity index (χ3n) is 5.18.